The number of benzene rings is 1. The van der Waals surface area contributed by atoms with Gasteiger partial charge in [0.2, 0.25) is 5.91 Å². The Hall–Kier alpha value is -2.32. The number of hydrogen-bond donors (Lipinski definition) is 1. The molecule has 1 aromatic heterocycles. The molecule has 1 heterocycles. The summed E-state index contributed by atoms with van der Waals surface area (Å²) in [6, 6.07) is 12.0. The minimum absolute atomic E-state index is 0.0303. The number of nitrogens with zero attached hydrogens (tertiary/aromatic N) is 2. The monoisotopic (exact) mass is 299 g/mol. The lowest BCUT2D eigenvalue weighted by molar-refractivity contribution is -0.126. The summed E-state index contributed by atoms with van der Waals surface area (Å²) in [5, 5.41) is 12.1. The highest BCUT2D eigenvalue weighted by Crippen LogP contribution is 2.30. The number of nitrogens with one attached hydrogen (secondary N) is 1. The number of amides is 1. The fourth-order valence-corrected chi connectivity index (χ4v) is 2.65. The van der Waals surface area contributed by atoms with Crippen LogP contribution in [0.25, 0.3) is 10.4 Å². The van der Waals surface area contributed by atoms with Gasteiger partial charge in [-0.15, -0.1) is 11.3 Å². The van der Waals surface area contributed by atoms with Gasteiger partial charge < -0.3 is 10.2 Å². The Morgan fingerprint density at radius 2 is 2.10 bits per heavy atom. The standard InChI is InChI=1S/C16H17N3OS/c1-11-4-5-12(15-7-6-13(9-17)21-15)8-14(11)18-10-16(20)19(2)3/h4-8,18H,10H2,1-3H3. The third kappa shape index (κ3) is 3.61. The van der Waals surface area contributed by atoms with Crippen molar-refractivity contribution in [2.75, 3.05) is 26.0 Å². The summed E-state index contributed by atoms with van der Waals surface area (Å²) in [6.45, 7) is 2.27. The molecule has 0 radical (unpaired) electrons. The van der Waals surface area contributed by atoms with Crippen LogP contribution in [0.1, 0.15) is 10.4 Å². The fourth-order valence-electron chi connectivity index (χ4n) is 1.85. The zero-order chi connectivity index (χ0) is 15.4. The molecular formula is C16H17N3OS. The van der Waals surface area contributed by atoms with Gasteiger partial charge in [-0.25, -0.2) is 0 Å². The number of likely N-dealkylation sites (N-methyl/N-ethyl adjacent to an activating group) is 1. The van der Waals surface area contributed by atoms with Crippen molar-refractivity contribution in [2.45, 2.75) is 6.92 Å². The summed E-state index contributed by atoms with van der Waals surface area (Å²) in [6.07, 6.45) is 0. The van der Waals surface area contributed by atoms with Crippen molar-refractivity contribution in [1.29, 1.82) is 5.26 Å². The van der Waals surface area contributed by atoms with Gasteiger partial charge in [-0.2, -0.15) is 5.26 Å². The van der Waals surface area contributed by atoms with Crippen molar-refractivity contribution in [1.82, 2.24) is 4.90 Å². The highest BCUT2D eigenvalue weighted by Gasteiger charge is 2.08. The topological polar surface area (TPSA) is 56.1 Å². The van der Waals surface area contributed by atoms with Crippen LogP contribution in [0.15, 0.2) is 30.3 Å². The predicted octanol–water partition coefficient (Wildman–Crippen LogP) is 3.10. The lowest BCUT2D eigenvalue weighted by atomic mass is 10.1. The van der Waals surface area contributed by atoms with E-state index in [1.54, 1.807) is 19.0 Å². The molecule has 0 saturated carbocycles. The summed E-state index contributed by atoms with van der Waals surface area (Å²) in [7, 11) is 3.48. The van der Waals surface area contributed by atoms with Crippen molar-refractivity contribution in [3.8, 4) is 16.5 Å². The predicted molar refractivity (Wildman–Crippen MR) is 86.4 cm³/mol. The molecule has 0 aliphatic carbocycles. The Morgan fingerprint density at radius 1 is 1.33 bits per heavy atom. The molecule has 0 unspecified atom stereocenters. The van der Waals surface area contributed by atoms with E-state index in [-0.39, 0.29) is 12.5 Å². The second-order valence-corrected chi connectivity index (χ2v) is 6.03. The molecule has 2 aromatic rings. The average Bonchev–Trinajstić information content (AvgIpc) is 2.94. The highest BCUT2D eigenvalue weighted by atomic mass is 32.1. The Kier molecular flexibility index (Phi) is 4.61. The molecule has 5 heteroatoms. The van der Waals surface area contributed by atoms with Gasteiger partial charge >= 0.3 is 0 Å². The van der Waals surface area contributed by atoms with Crippen LogP contribution >= 0.6 is 11.3 Å². The Labute approximate surface area is 128 Å². The van der Waals surface area contributed by atoms with Crippen molar-refractivity contribution in [2.24, 2.45) is 0 Å². The zero-order valence-corrected chi connectivity index (χ0v) is 13.1. The molecule has 0 aliphatic rings. The lowest BCUT2D eigenvalue weighted by Crippen LogP contribution is -2.28. The summed E-state index contributed by atoms with van der Waals surface area (Å²) in [5.74, 6) is 0.0303. The molecule has 2 rings (SSSR count). The number of anilines is 1. The minimum Gasteiger partial charge on any atom is -0.376 e. The maximum Gasteiger partial charge on any atom is 0.241 e. The summed E-state index contributed by atoms with van der Waals surface area (Å²) in [5.41, 5.74) is 3.07. The maximum absolute atomic E-state index is 11.7. The molecule has 108 valence electrons. The van der Waals surface area contributed by atoms with Gasteiger partial charge in [0.1, 0.15) is 10.9 Å². The molecule has 0 bridgehead atoms. The lowest BCUT2D eigenvalue weighted by Gasteiger charge is -2.14. The molecule has 21 heavy (non-hydrogen) atoms. The van der Waals surface area contributed by atoms with Crippen LogP contribution in [0, 0.1) is 18.3 Å². The Morgan fingerprint density at radius 3 is 2.71 bits per heavy atom. The summed E-state index contributed by atoms with van der Waals surface area (Å²) in [4.78, 5) is 15.0. The maximum atomic E-state index is 11.7. The second-order valence-electron chi connectivity index (χ2n) is 4.95. The van der Waals surface area contributed by atoms with E-state index in [0.29, 0.717) is 4.88 Å². The molecule has 0 fully saturated rings. The average molecular weight is 299 g/mol. The normalized spacial score (nSPS) is 10.0. The van der Waals surface area contributed by atoms with Crippen LogP contribution in [0.3, 0.4) is 0 Å². The first kappa shape index (κ1) is 15.1. The molecule has 0 spiro atoms. The van der Waals surface area contributed by atoms with Crippen LogP contribution < -0.4 is 5.32 Å². The number of carbonyl (C=O) groups excluding carboxylic acids is 1. The van der Waals surface area contributed by atoms with Crippen LogP contribution in [0.4, 0.5) is 5.69 Å². The SMILES string of the molecule is Cc1ccc(-c2ccc(C#N)s2)cc1NCC(=O)N(C)C. The molecule has 1 amide bonds. The van der Waals surface area contributed by atoms with Crippen LogP contribution in [-0.2, 0) is 4.79 Å². The van der Waals surface area contributed by atoms with Crippen molar-refractivity contribution >= 4 is 22.9 Å². The van der Waals surface area contributed by atoms with E-state index in [9.17, 15) is 4.79 Å². The largest absolute Gasteiger partial charge is 0.376 e. The van der Waals surface area contributed by atoms with Crippen LogP contribution in [0.2, 0.25) is 0 Å². The fraction of sp³-hybridized carbons (Fsp3) is 0.250. The minimum atomic E-state index is 0.0303. The van der Waals surface area contributed by atoms with E-state index < -0.39 is 0 Å². The van der Waals surface area contributed by atoms with Gasteiger partial charge in [0.05, 0.1) is 6.54 Å². The molecule has 1 aromatic carbocycles. The molecule has 0 saturated heterocycles. The quantitative estimate of drug-likeness (QED) is 0.944. The molecule has 0 atom stereocenters. The Balaban J connectivity index is 2.21. The summed E-state index contributed by atoms with van der Waals surface area (Å²) < 4.78 is 0. The molecule has 4 nitrogen and oxygen atoms in total. The number of rotatable bonds is 4. The first-order chi connectivity index (χ1) is 10.0. The van der Waals surface area contributed by atoms with Crippen LogP contribution in [-0.4, -0.2) is 31.4 Å². The zero-order valence-electron chi connectivity index (χ0n) is 12.3. The van der Waals surface area contributed by atoms with Gasteiger partial charge in [0, 0.05) is 24.7 Å². The second kappa shape index (κ2) is 6.42. The van der Waals surface area contributed by atoms with E-state index in [4.69, 9.17) is 5.26 Å². The van der Waals surface area contributed by atoms with Gasteiger partial charge in [-0.05, 0) is 36.2 Å². The van der Waals surface area contributed by atoms with E-state index in [0.717, 1.165) is 21.7 Å². The third-order valence-corrected chi connectivity index (χ3v) is 4.21. The molecule has 0 aliphatic heterocycles. The van der Waals surface area contributed by atoms with Crippen molar-refractivity contribution in [3.63, 3.8) is 0 Å². The van der Waals surface area contributed by atoms with E-state index >= 15 is 0 Å². The third-order valence-electron chi connectivity index (χ3n) is 3.17. The van der Waals surface area contributed by atoms with E-state index in [1.807, 2.05) is 37.3 Å². The van der Waals surface area contributed by atoms with Gasteiger partial charge in [0.25, 0.3) is 0 Å². The number of nitriles is 1. The Bertz CT molecular complexity index is 698. The van der Waals surface area contributed by atoms with Crippen molar-refractivity contribution < 1.29 is 4.79 Å². The number of hydrogen-bond acceptors (Lipinski definition) is 4. The van der Waals surface area contributed by atoms with Crippen molar-refractivity contribution in [3.05, 3.63) is 40.8 Å². The number of thiophene rings is 1. The van der Waals surface area contributed by atoms with Crippen LogP contribution in [0.5, 0.6) is 0 Å². The smallest absolute Gasteiger partial charge is 0.241 e. The molecule has 1 N–H and O–H groups in total. The summed E-state index contributed by atoms with van der Waals surface area (Å²) >= 11 is 1.47. The number of aryl methyl sites for hydroxylation is 1. The highest BCUT2D eigenvalue weighted by molar-refractivity contribution is 7.16. The van der Waals surface area contributed by atoms with Gasteiger partial charge in [-0.1, -0.05) is 12.1 Å². The van der Waals surface area contributed by atoms with Gasteiger partial charge in [-0.3, -0.25) is 4.79 Å². The first-order valence-corrected chi connectivity index (χ1v) is 7.38. The van der Waals surface area contributed by atoms with E-state index in [2.05, 4.69) is 11.4 Å². The number of carbonyl (C=O) groups is 1. The molecular weight excluding hydrogens is 282 g/mol. The van der Waals surface area contributed by atoms with E-state index in [1.165, 1.54) is 11.3 Å². The van der Waals surface area contributed by atoms with Gasteiger partial charge in [0.15, 0.2) is 0 Å². The first-order valence-electron chi connectivity index (χ1n) is 6.56.